The summed E-state index contributed by atoms with van der Waals surface area (Å²) in [5.41, 5.74) is 0. The van der Waals surface area contributed by atoms with Crippen molar-refractivity contribution in [1.29, 1.82) is 0 Å². The number of rotatable bonds is 2. The van der Waals surface area contributed by atoms with Gasteiger partial charge in [0, 0.05) is 6.67 Å². The van der Waals surface area contributed by atoms with Crippen LogP contribution in [0, 0.1) is 0 Å². The predicted octanol–water partition coefficient (Wildman–Crippen LogP) is -1.34. The van der Waals surface area contributed by atoms with E-state index in [1.807, 2.05) is 0 Å². The summed E-state index contributed by atoms with van der Waals surface area (Å²) in [5, 5.41) is 5.89. The Hall–Kier alpha value is -0.740. The first-order valence-corrected chi connectivity index (χ1v) is 3.27. The van der Waals surface area contributed by atoms with Gasteiger partial charge in [-0.1, -0.05) is 0 Å². The van der Waals surface area contributed by atoms with Crippen molar-refractivity contribution in [1.82, 2.24) is 10.6 Å². The molecule has 0 spiro atoms. The van der Waals surface area contributed by atoms with Crippen LogP contribution in [-0.4, -0.2) is 31.3 Å². The molecule has 0 aromatic rings. The zero-order chi connectivity index (χ0) is 7.40. The van der Waals surface area contributed by atoms with E-state index >= 15 is 0 Å². The Labute approximate surface area is 59.0 Å². The van der Waals surface area contributed by atoms with E-state index in [-0.39, 0.29) is 11.8 Å². The van der Waals surface area contributed by atoms with Gasteiger partial charge in [-0.05, 0) is 13.0 Å². The van der Waals surface area contributed by atoms with Crippen molar-refractivity contribution in [3.8, 4) is 0 Å². The third kappa shape index (κ3) is 1.62. The minimum Gasteiger partial charge on any atom is -0.304 e. The fraction of sp³-hybridized carbons (Fsp3) is 0.667. The third-order valence-electron chi connectivity index (χ3n) is 1.54. The zero-order valence-corrected chi connectivity index (χ0v) is 5.59. The van der Waals surface area contributed by atoms with Crippen molar-refractivity contribution in [2.75, 3.05) is 13.2 Å². The molecule has 1 unspecified atom stereocenters. The first kappa shape index (κ1) is 7.37. The van der Waals surface area contributed by atoms with E-state index in [1.165, 1.54) is 0 Å². The zero-order valence-electron chi connectivity index (χ0n) is 5.59. The van der Waals surface area contributed by atoms with Crippen LogP contribution in [0.5, 0.6) is 0 Å². The smallest absolute Gasteiger partial charge is 0.212 e. The Bertz CT molecular complexity index is 141. The molecule has 4 heteroatoms. The monoisotopic (exact) mass is 142 g/mol. The van der Waals surface area contributed by atoms with Gasteiger partial charge in [0.2, 0.25) is 5.78 Å². The molecule has 0 radical (unpaired) electrons. The van der Waals surface area contributed by atoms with Crippen LogP contribution < -0.4 is 10.6 Å². The summed E-state index contributed by atoms with van der Waals surface area (Å²) in [4.78, 5) is 20.7. The Kier molecular flexibility index (Phi) is 2.53. The number of Topliss-reactive ketones (excluding diaryl/α,β-unsaturated/α-hetero) is 1. The second-order valence-electron chi connectivity index (χ2n) is 2.24. The summed E-state index contributed by atoms with van der Waals surface area (Å²) >= 11 is 0. The molecule has 1 fully saturated rings. The van der Waals surface area contributed by atoms with E-state index in [0.29, 0.717) is 19.4 Å². The lowest BCUT2D eigenvalue weighted by atomic mass is 10.1. The van der Waals surface area contributed by atoms with Gasteiger partial charge < -0.3 is 5.32 Å². The average molecular weight is 142 g/mol. The predicted molar refractivity (Wildman–Crippen MR) is 35.5 cm³/mol. The van der Waals surface area contributed by atoms with E-state index in [1.54, 1.807) is 0 Å². The Morgan fingerprint density at radius 2 is 2.40 bits per heavy atom. The van der Waals surface area contributed by atoms with E-state index in [9.17, 15) is 9.59 Å². The van der Waals surface area contributed by atoms with Gasteiger partial charge in [-0.25, -0.2) is 0 Å². The molecule has 2 N–H and O–H groups in total. The van der Waals surface area contributed by atoms with Crippen molar-refractivity contribution < 1.29 is 9.59 Å². The molecule has 1 aliphatic heterocycles. The van der Waals surface area contributed by atoms with Gasteiger partial charge in [0.15, 0.2) is 6.29 Å². The first-order valence-electron chi connectivity index (χ1n) is 3.27. The number of carbonyl (C=O) groups excluding carboxylic acids is 2. The number of hydrogen-bond donors (Lipinski definition) is 2. The summed E-state index contributed by atoms with van der Waals surface area (Å²) in [6.07, 6.45) is 1.08. The van der Waals surface area contributed by atoms with Gasteiger partial charge in [-0.3, -0.25) is 14.9 Å². The molecule has 0 bridgehead atoms. The Balaban J connectivity index is 2.38. The van der Waals surface area contributed by atoms with E-state index in [4.69, 9.17) is 0 Å². The number of carbonyl (C=O) groups is 2. The Morgan fingerprint density at radius 3 is 2.90 bits per heavy atom. The molecule has 1 atom stereocenters. The second kappa shape index (κ2) is 3.43. The van der Waals surface area contributed by atoms with E-state index in [2.05, 4.69) is 10.6 Å². The van der Waals surface area contributed by atoms with Crippen molar-refractivity contribution in [2.45, 2.75) is 12.5 Å². The summed E-state index contributed by atoms with van der Waals surface area (Å²) < 4.78 is 0. The van der Waals surface area contributed by atoms with E-state index in [0.717, 1.165) is 6.54 Å². The highest BCUT2D eigenvalue weighted by Gasteiger charge is 2.18. The number of hydrogen-bond acceptors (Lipinski definition) is 4. The van der Waals surface area contributed by atoms with Gasteiger partial charge in [-0.2, -0.15) is 0 Å². The summed E-state index contributed by atoms with van der Waals surface area (Å²) in [6, 6.07) is -0.251. The molecular weight excluding hydrogens is 132 g/mol. The van der Waals surface area contributed by atoms with Crippen LogP contribution in [0.15, 0.2) is 0 Å². The minimum atomic E-state index is -0.346. The van der Waals surface area contributed by atoms with Crippen LogP contribution >= 0.6 is 0 Å². The summed E-state index contributed by atoms with van der Waals surface area (Å²) in [7, 11) is 0. The lowest BCUT2D eigenvalue weighted by Crippen LogP contribution is -2.49. The quantitative estimate of drug-likeness (QED) is 0.370. The fourth-order valence-corrected chi connectivity index (χ4v) is 0.957. The largest absolute Gasteiger partial charge is 0.304 e. The molecule has 0 aliphatic carbocycles. The SMILES string of the molecule is O=CC(=O)C1CCNCN1. The molecule has 1 rings (SSSR count). The molecule has 1 aliphatic rings. The number of aldehydes is 1. The van der Waals surface area contributed by atoms with Gasteiger partial charge >= 0.3 is 0 Å². The molecule has 4 nitrogen and oxygen atoms in total. The number of ketones is 1. The first-order chi connectivity index (χ1) is 4.84. The molecule has 1 saturated heterocycles. The molecule has 0 saturated carbocycles. The van der Waals surface area contributed by atoms with Crippen LogP contribution in [0.3, 0.4) is 0 Å². The van der Waals surface area contributed by atoms with Gasteiger partial charge in [0.1, 0.15) is 0 Å². The van der Waals surface area contributed by atoms with Crippen molar-refractivity contribution >= 4 is 12.1 Å². The van der Waals surface area contributed by atoms with Crippen LogP contribution in [0.1, 0.15) is 6.42 Å². The molecular formula is C6H10N2O2. The summed E-state index contributed by atoms with van der Waals surface area (Å²) in [6.45, 7) is 1.42. The molecule has 0 aromatic carbocycles. The standard InChI is InChI=1S/C6H10N2O2/c9-3-6(10)5-1-2-7-4-8-5/h3,5,7-8H,1-2,4H2. The van der Waals surface area contributed by atoms with Gasteiger partial charge in [0.05, 0.1) is 6.04 Å². The average Bonchev–Trinajstić information content (AvgIpc) is 2.05. The molecule has 56 valence electrons. The minimum absolute atomic E-state index is 0.251. The van der Waals surface area contributed by atoms with E-state index < -0.39 is 0 Å². The highest BCUT2D eigenvalue weighted by Crippen LogP contribution is 1.93. The highest BCUT2D eigenvalue weighted by molar-refractivity contribution is 6.27. The van der Waals surface area contributed by atoms with Crippen LogP contribution in [0.25, 0.3) is 0 Å². The van der Waals surface area contributed by atoms with Crippen LogP contribution in [0.4, 0.5) is 0 Å². The maximum Gasteiger partial charge on any atom is 0.212 e. The molecule has 1 heterocycles. The maximum absolute atomic E-state index is 10.7. The normalized spacial score (nSPS) is 25.8. The maximum atomic E-state index is 10.7. The van der Waals surface area contributed by atoms with Crippen LogP contribution in [-0.2, 0) is 9.59 Å². The number of nitrogens with one attached hydrogen (secondary N) is 2. The topological polar surface area (TPSA) is 58.2 Å². The lowest BCUT2D eigenvalue weighted by molar-refractivity contribution is -0.131. The molecule has 0 aromatic heterocycles. The fourth-order valence-electron chi connectivity index (χ4n) is 0.957. The molecule has 0 amide bonds. The third-order valence-corrected chi connectivity index (χ3v) is 1.54. The van der Waals surface area contributed by atoms with Crippen LogP contribution in [0.2, 0.25) is 0 Å². The highest BCUT2D eigenvalue weighted by atomic mass is 16.2. The van der Waals surface area contributed by atoms with Gasteiger partial charge in [0.25, 0.3) is 0 Å². The molecule has 10 heavy (non-hydrogen) atoms. The second-order valence-corrected chi connectivity index (χ2v) is 2.24. The van der Waals surface area contributed by atoms with Crippen molar-refractivity contribution in [2.24, 2.45) is 0 Å². The van der Waals surface area contributed by atoms with Gasteiger partial charge in [-0.15, -0.1) is 0 Å². The van der Waals surface area contributed by atoms with Crippen molar-refractivity contribution in [3.63, 3.8) is 0 Å². The summed E-state index contributed by atoms with van der Waals surface area (Å²) in [5.74, 6) is -0.346. The van der Waals surface area contributed by atoms with Crippen molar-refractivity contribution in [3.05, 3.63) is 0 Å². The lowest BCUT2D eigenvalue weighted by Gasteiger charge is -2.20. The Morgan fingerprint density at radius 1 is 1.60 bits per heavy atom.